The molecule has 0 bridgehead atoms. The van der Waals surface area contributed by atoms with E-state index in [-0.39, 0.29) is 24.2 Å². The van der Waals surface area contributed by atoms with Crippen LogP contribution in [0.2, 0.25) is 0 Å². The van der Waals surface area contributed by atoms with E-state index in [4.69, 9.17) is 9.72 Å². The molecule has 7 heteroatoms. The van der Waals surface area contributed by atoms with E-state index in [9.17, 15) is 4.79 Å². The second kappa shape index (κ2) is 13.0. The van der Waals surface area contributed by atoms with Gasteiger partial charge < -0.3 is 25.6 Å². The smallest absolute Gasteiger partial charge is 0.318 e. The summed E-state index contributed by atoms with van der Waals surface area (Å²) >= 11 is 0. The van der Waals surface area contributed by atoms with Gasteiger partial charge in [0.1, 0.15) is 5.82 Å². The van der Waals surface area contributed by atoms with Gasteiger partial charge in [-0.15, -0.1) is 0 Å². The van der Waals surface area contributed by atoms with Gasteiger partial charge in [-0.3, -0.25) is 0 Å². The van der Waals surface area contributed by atoms with Crippen molar-refractivity contribution in [1.82, 2.24) is 20.5 Å². The molecule has 1 saturated heterocycles. The number of carbonyl (C=O) groups excluding carboxylic acids is 1. The first-order valence-corrected chi connectivity index (χ1v) is 12.6. The molecule has 1 aromatic heterocycles. The summed E-state index contributed by atoms with van der Waals surface area (Å²) in [4.78, 5) is 19.6. The van der Waals surface area contributed by atoms with E-state index in [1.165, 1.54) is 43.4 Å². The predicted molar refractivity (Wildman–Crippen MR) is 130 cm³/mol. The third-order valence-corrected chi connectivity index (χ3v) is 6.70. The van der Waals surface area contributed by atoms with Crippen LogP contribution in [0.3, 0.4) is 0 Å². The lowest BCUT2D eigenvalue weighted by Crippen LogP contribution is -2.61. The Morgan fingerprint density at radius 2 is 1.94 bits per heavy atom. The molecular formula is C25H43N5O2. The van der Waals surface area contributed by atoms with Crippen LogP contribution in [0.25, 0.3) is 0 Å². The zero-order valence-electron chi connectivity index (χ0n) is 20.3. The third-order valence-electron chi connectivity index (χ3n) is 6.70. The molecule has 0 aliphatic carbocycles. The highest BCUT2D eigenvalue weighted by Gasteiger charge is 2.29. The molecule has 2 amide bonds. The summed E-state index contributed by atoms with van der Waals surface area (Å²) in [5, 5.41) is 10.0. The summed E-state index contributed by atoms with van der Waals surface area (Å²) < 4.78 is 5.37. The Morgan fingerprint density at radius 1 is 1.19 bits per heavy atom. The molecule has 3 rings (SSSR count). The lowest BCUT2D eigenvalue weighted by molar-refractivity contribution is 0.117. The molecule has 0 saturated carbocycles. The highest BCUT2D eigenvalue weighted by Crippen LogP contribution is 2.20. The second-order valence-corrected chi connectivity index (χ2v) is 9.51. The number of fused-ring (bicyclic) bond motifs is 1. The number of pyridine rings is 1. The van der Waals surface area contributed by atoms with Gasteiger partial charge in [-0.05, 0) is 57.6 Å². The normalized spacial score (nSPS) is 21.5. The lowest BCUT2D eigenvalue weighted by atomic mass is 10.0. The number of aromatic nitrogens is 1. The zero-order chi connectivity index (χ0) is 22.8. The van der Waals surface area contributed by atoms with Gasteiger partial charge in [-0.1, -0.05) is 31.7 Å². The molecule has 2 aliphatic heterocycles. The van der Waals surface area contributed by atoms with Gasteiger partial charge in [0.25, 0.3) is 0 Å². The average molecular weight is 446 g/mol. The minimum atomic E-state index is 0.0422. The molecule has 0 radical (unpaired) electrons. The van der Waals surface area contributed by atoms with Gasteiger partial charge in [0.2, 0.25) is 0 Å². The van der Waals surface area contributed by atoms with E-state index in [2.05, 4.69) is 41.9 Å². The number of hydrogen-bond donors (Lipinski definition) is 3. The zero-order valence-corrected chi connectivity index (χ0v) is 20.3. The summed E-state index contributed by atoms with van der Waals surface area (Å²) in [5.41, 5.74) is 2.57. The molecule has 1 aromatic rings. The van der Waals surface area contributed by atoms with E-state index in [1.807, 2.05) is 4.90 Å². The third kappa shape index (κ3) is 7.34. The molecule has 3 N–H and O–H groups in total. The number of hydrogen-bond acceptors (Lipinski definition) is 5. The van der Waals surface area contributed by atoms with Crippen molar-refractivity contribution >= 4 is 11.8 Å². The average Bonchev–Trinajstić information content (AvgIpc) is 2.78. The van der Waals surface area contributed by atoms with Crippen LogP contribution in [-0.2, 0) is 17.6 Å². The Balaban J connectivity index is 1.31. The Kier molecular flexibility index (Phi) is 10.1. The van der Waals surface area contributed by atoms with Gasteiger partial charge in [-0.25, -0.2) is 9.78 Å². The fourth-order valence-electron chi connectivity index (χ4n) is 4.92. The number of methoxy groups -OCH3 is 1. The van der Waals surface area contributed by atoms with Crippen LogP contribution in [0.15, 0.2) is 12.1 Å². The summed E-state index contributed by atoms with van der Waals surface area (Å²) in [6, 6.07) is 4.99. The number of anilines is 1. The first-order valence-electron chi connectivity index (χ1n) is 12.6. The van der Waals surface area contributed by atoms with Crippen LogP contribution in [0.5, 0.6) is 0 Å². The number of amides is 2. The van der Waals surface area contributed by atoms with Crippen LogP contribution < -0.4 is 16.0 Å². The number of piperazine rings is 1. The molecule has 7 nitrogen and oxygen atoms in total. The Morgan fingerprint density at radius 3 is 2.72 bits per heavy atom. The maximum Gasteiger partial charge on any atom is 0.318 e. The van der Waals surface area contributed by atoms with E-state index in [1.54, 1.807) is 7.11 Å². The molecule has 32 heavy (non-hydrogen) atoms. The summed E-state index contributed by atoms with van der Waals surface area (Å²) in [7, 11) is 1.71. The van der Waals surface area contributed by atoms with Gasteiger partial charge >= 0.3 is 6.03 Å². The Hall–Kier alpha value is -1.86. The number of urea groups is 1. The number of carbonyl (C=O) groups is 1. The summed E-state index contributed by atoms with van der Waals surface area (Å²) in [5.74, 6) is 1.10. The summed E-state index contributed by atoms with van der Waals surface area (Å²) in [6.07, 6.45) is 10.3. The number of unbranched alkanes of at least 4 members (excludes halogenated alkanes) is 4. The van der Waals surface area contributed by atoms with Crippen LogP contribution in [0, 0.1) is 0 Å². The van der Waals surface area contributed by atoms with Crippen molar-refractivity contribution in [3.05, 3.63) is 23.4 Å². The standard InChI is InChI=1S/C25H43N5O2/c1-19-16-26-17-20(2)30(19)25(31)29-23(18-32-3)12-8-6-4-5-7-11-22-14-13-21-10-9-15-27-24(21)28-22/h13-14,19-20,23,26H,4-12,15-18H2,1-3H3,(H,27,28)(H,29,31)/t19-,20+,23-/m0/s1. The van der Waals surface area contributed by atoms with Crippen molar-refractivity contribution in [1.29, 1.82) is 0 Å². The first-order chi connectivity index (χ1) is 15.6. The largest absolute Gasteiger partial charge is 0.383 e. The number of ether oxygens (including phenoxy) is 1. The van der Waals surface area contributed by atoms with Gasteiger partial charge in [0, 0.05) is 44.5 Å². The maximum atomic E-state index is 12.8. The van der Waals surface area contributed by atoms with Crippen molar-refractivity contribution in [3.63, 3.8) is 0 Å². The minimum Gasteiger partial charge on any atom is -0.383 e. The van der Waals surface area contributed by atoms with Gasteiger partial charge in [-0.2, -0.15) is 0 Å². The molecule has 3 atom stereocenters. The predicted octanol–water partition coefficient (Wildman–Crippen LogP) is 3.73. The molecule has 180 valence electrons. The highest BCUT2D eigenvalue weighted by atomic mass is 16.5. The van der Waals surface area contributed by atoms with Crippen LogP contribution in [-0.4, -0.2) is 67.4 Å². The molecule has 0 aromatic carbocycles. The molecule has 0 unspecified atom stereocenters. The monoisotopic (exact) mass is 445 g/mol. The van der Waals surface area contributed by atoms with Crippen LogP contribution in [0.1, 0.15) is 70.1 Å². The molecular weight excluding hydrogens is 402 g/mol. The number of aryl methyl sites for hydroxylation is 2. The van der Waals surface area contributed by atoms with Gasteiger partial charge in [0.05, 0.1) is 12.6 Å². The van der Waals surface area contributed by atoms with Crippen molar-refractivity contribution in [3.8, 4) is 0 Å². The lowest BCUT2D eigenvalue weighted by Gasteiger charge is -2.40. The van der Waals surface area contributed by atoms with E-state index >= 15 is 0 Å². The van der Waals surface area contributed by atoms with E-state index < -0.39 is 0 Å². The fourth-order valence-corrected chi connectivity index (χ4v) is 4.92. The summed E-state index contributed by atoms with van der Waals surface area (Å²) in [6.45, 7) is 7.52. The molecule has 2 aliphatic rings. The molecule has 3 heterocycles. The van der Waals surface area contributed by atoms with Crippen molar-refractivity contribution in [2.45, 2.75) is 89.8 Å². The minimum absolute atomic E-state index is 0.0422. The Labute approximate surface area is 194 Å². The maximum absolute atomic E-state index is 12.8. The van der Waals surface area contributed by atoms with Crippen molar-refractivity contribution in [2.24, 2.45) is 0 Å². The van der Waals surface area contributed by atoms with E-state index in [0.29, 0.717) is 6.61 Å². The Bertz CT molecular complexity index is 704. The van der Waals surface area contributed by atoms with Crippen molar-refractivity contribution < 1.29 is 9.53 Å². The molecule has 0 spiro atoms. The second-order valence-electron chi connectivity index (χ2n) is 9.51. The number of nitrogens with zero attached hydrogens (tertiary/aromatic N) is 2. The van der Waals surface area contributed by atoms with Gasteiger partial charge in [0.15, 0.2) is 0 Å². The topological polar surface area (TPSA) is 78.5 Å². The first kappa shape index (κ1) is 24.8. The van der Waals surface area contributed by atoms with Crippen LogP contribution >= 0.6 is 0 Å². The van der Waals surface area contributed by atoms with Crippen LogP contribution in [0.4, 0.5) is 10.6 Å². The van der Waals surface area contributed by atoms with E-state index in [0.717, 1.165) is 51.1 Å². The van der Waals surface area contributed by atoms with Crippen molar-refractivity contribution in [2.75, 3.05) is 38.7 Å². The quantitative estimate of drug-likeness (QED) is 0.453. The molecule has 1 fully saturated rings. The highest BCUT2D eigenvalue weighted by molar-refractivity contribution is 5.75. The number of nitrogens with one attached hydrogen (secondary N) is 3. The SMILES string of the molecule is COC[C@H](CCCCCCCc1ccc2c(n1)NCCC2)NC(=O)N1[C@H](C)CNC[C@@H]1C. The number of rotatable bonds is 11. The fraction of sp³-hybridized carbons (Fsp3) is 0.760.